The van der Waals surface area contributed by atoms with E-state index in [4.69, 9.17) is 0 Å². The summed E-state index contributed by atoms with van der Waals surface area (Å²) >= 11 is 0. The van der Waals surface area contributed by atoms with Crippen LogP contribution in [0.4, 0.5) is 5.69 Å². The van der Waals surface area contributed by atoms with Crippen molar-refractivity contribution in [3.8, 4) is 6.07 Å². The number of hydrogen-bond acceptors (Lipinski definition) is 4. The lowest BCUT2D eigenvalue weighted by Gasteiger charge is -2.19. The third-order valence-electron chi connectivity index (χ3n) is 5.81. The molecule has 1 aliphatic rings. The molecule has 3 rings (SSSR count). The number of anilines is 1. The van der Waals surface area contributed by atoms with Crippen LogP contribution in [0.25, 0.3) is 10.9 Å². The minimum Gasteiger partial charge on any atom is -0.358 e. The van der Waals surface area contributed by atoms with Gasteiger partial charge in [-0.2, -0.15) is 5.26 Å². The number of benzene rings is 1. The quantitative estimate of drug-likeness (QED) is 0.495. The molecule has 1 heterocycles. The summed E-state index contributed by atoms with van der Waals surface area (Å²) in [6.07, 6.45) is 16.5. The highest BCUT2D eigenvalue weighted by atomic mass is 16.1. The molecule has 0 radical (unpaired) electrons. The number of hydrogen-bond donors (Lipinski definition) is 2. The topological polar surface area (TPSA) is 77.8 Å². The summed E-state index contributed by atoms with van der Waals surface area (Å²) in [6, 6.07) is 11.9. The molecule has 1 aromatic carbocycles. The smallest absolute Gasteiger partial charge is 0.263 e. The summed E-state index contributed by atoms with van der Waals surface area (Å²) in [4.78, 5) is 17.1. The van der Waals surface area contributed by atoms with E-state index in [1.807, 2.05) is 36.4 Å². The second-order valence-corrected chi connectivity index (χ2v) is 8.12. The van der Waals surface area contributed by atoms with Crippen LogP contribution >= 0.6 is 0 Å². The van der Waals surface area contributed by atoms with Crippen molar-refractivity contribution in [2.75, 3.05) is 5.32 Å². The molecule has 0 spiro atoms. The zero-order valence-corrected chi connectivity index (χ0v) is 17.7. The van der Waals surface area contributed by atoms with Crippen LogP contribution in [0.3, 0.4) is 0 Å². The number of nitrogens with one attached hydrogen (secondary N) is 2. The number of carbonyl (C=O) groups excluding carboxylic acids is 1. The van der Waals surface area contributed by atoms with E-state index in [9.17, 15) is 10.1 Å². The first-order valence-electron chi connectivity index (χ1n) is 11.3. The van der Waals surface area contributed by atoms with Gasteiger partial charge in [-0.05, 0) is 25.0 Å². The van der Waals surface area contributed by atoms with Gasteiger partial charge in [-0.15, -0.1) is 0 Å². The fourth-order valence-corrected chi connectivity index (χ4v) is 4.09. The molecular formula is C25H32N4O. The van der Waals surface area contributed by atoms with Gasteiger partial charge in [-0.3, -0.25) is 9.78 Å². The molecule has 1 aliphatic carbocycles. The number of carbonyl (C=O) groups is 1. The van der Waals surface area contributed by atoms with Crippen molar-refractivity contribution in [3.63, 3.8) is 0 Å². The van der Waals surface area contributed by atoms with Crippen LogP contribution in [-0.2, 0) is 4.79 Å². The number of nitrogens with zero attached hydrogens (tertiary/aromatic N) is 2. The van der Waals surface area contributed by atoms with Crippen molar-refractivity contribution < 1.29 is 4.79 Å². The zero-order chi connectivity index (χ0) is 21.0. The van der Waals surface area contributed by atoms with Gasteiger partial charge < -0.3 is 10.6 Å². The first-order chi connectivity index (χ1) is 14.8. The molecule has 1 saturated carbocycles. The van der Waals surface area contributed by atoms with Crippen LogP contribution in [0.15, 0.2) is 48.3 Å². The number of amides is 1. The molecule has 0 saturated heterocycles. The molecule has 0 unspecified atom stereocenters. The van der Waals surface area contributed by atoms with Crippen molar-refractivity contribution in [1.29, 1.82) is 5.26 Å². The predicted octanol–water partition coefficient (Wildman–Crippen LogP) is 5.84. The maximum atomic E-state index is 12.7. The molecule has 158 valence electrons. The first kappa shape index (κ1) is 21.8. The monoisotopic (exact) mass is 404 g/mol. The number of fused-ring (bicyclic) bond motifs is 1. The second kappa shape index (κ2) is 12.0. The molecule has 5 heteroatoms. The van der Waals surface area contributed by atoms with E-state index in [0.29, 0.717) is 0 Å². The molecule has 2 N–H and O–H groups in total. The largest absolute Gasteiger partial charge is 0.358 e. The van der Waals surface area contributed by atoms with Crippen molar-refractivity contribution in [2.24, 2.45) is 0 Å². The van der Waals surface area contributed by atoms with Crippen molar-refractivity contribution in [1.82, 2.24) is 10.3 Å². The number of aromatic nitrogens is 1. The van der Waals surface area contributed by atoms with Gasteiger partial charge in [0.2, 0.25) is 0 Å². The van der Waals surface area contributed by atoms with Crippen molar-refractivity contribution in [2.45, 2.75) is 76.7 Å². The Morgan fingerprint density at radius 3 is 2.27 bits per heavy atom. The lowest BCUT2D eigenvalue weighted by atomic mass is 9.98. The van der Waals surface area contributed by atoms with Crippen LogP contribution in [0.5, 0.6) is 0 Å². The summed E-state index contributed by atoms with van der Waals surface area (Å²) in [5.74, 6) is -0.296. The van der Waals surface area contributed by atoms with E-state index in [1.54, 1.807) is 6.20 Å². The highest BCUT2D eigenvalue weighted by molar-refractivity contribution is 5.98. The average Bonchev–Trinajstić information content (AvgIpc) is 2.76. The van der Waals surface area contributed by atoms with Gasteiger partial charge in [0.05, 0.1) is 11.2 Å². The normalized spacial score (nSPS) is 17.4. The SMILES string of the molecule is N#C/C(=C/Nc1cccc2cccnc12)C(=O)NC1CCCCCCCCCCC1. The Morgan fingerprint density at radius 1 is 0.967 bits per heavy atom. The van der Waals surface area contributed by atoms with Gasteiger partial charge >= 0.3 is 0 Å². The Bertz CT molecular complexity index is 882. The Balaban J connectivity index is 1.63. The van der Waals surface area contributed by atoms with Crippen LogP contribution < -0.4 is 10.6 Å². The molecule has 1 amide bonds. The molecule has 1 fully saturated rings. The first-order valence-corrected chi connectivity index (χ1v) is 11.3. The van der Waals surface area contributed by atoms with Crippen LogP contribution in [-0.4, -0.2) is 16.9 Å². The fraction of sp³-hybridized carbons (Fsp3) is 0.480. The number of para-hydroxylation sites is 1. The van der Waals surface area contributed by atoms with E-state index in [2.05, 4.69) is 15.6 Å². The Kier molecular flexibility index (Phi) is 8.71. The van der Waals surface area contributed by atoms with Gasteiger partial charge in [0, 0.05) is 23.8 Å². The van der Waals surface area contributed by atoms with Gasteiger partial charge in [0.15, 0.2) is 0 Å². The van der Waals surface area contributed by atoms with Gasteiger partial charge in [0.25, 0.3) is 5.91 Å². The molecular weight excluding hydrogens is 372 g/mol. The summed E-state index contributed by atoms with van der Waals surface area (Å²) in [7, 11) is 0. The summed E-state index contributed by atoms with van der Waals surface area (Å²) in [5, 5.41) is 16.8. The standard InChI is InChI=1S/C25H32N4O/c26-18-21(19-28-23-16-10-12-20-13-11-17-27-24(20)23)25(30)29-22-14-8-6-4-2-1-3-5-7-9-15-22/h10-13,16-17,19,22,28H,1-9,14-15H2,(H,29,30)/b21-19-. The Labute approximate surface area is 179 Å². The van der Waals surface area contributed by atoms with E-state index in [-0.39, 0.29) is 17.5 Å². The molecule has 5 nitrogen and oxygen atoms in total. The average molecular weight is 405 g/mol. The minimum absolute atomic E-state index is 0.0917. The minimum atomic E-state index is -0.296. The molecule has 30 heavy (non-hydrogen) atoms. The van der Waals surface area contributed by atoms with Crippen molar-refractivity contribution in [3.05, 3.63) is 48.3 Å². The van der Waals surface area contributed by atoms with E-state index in [1.165, 1.54) is 51.1 Å². The lowest BCUT2D eigenvalue weighted by molar-refractivity contribution is -0.117. The summed E-state index contributed by atoms with van der Waals surface area (Å²) in [6.45, 7) is 0. The second-order valence-electron chi connectivity index (χ2n) is 8.12. The number of nitriles is 1. The fourth-order valence-electron chi connectivity index (χ4n) is 4.09. The maximum Gasteiger partial charge on any atom is 0.263 e. The van der Waals surface area contributed by atoms with Crippen molar-refractivity contribution >= 4 is 22.5 Å². The Morgan fingerprint density at radius 2 is 1.60 bits per heavy atom. The van der Waals surface area contributed by atoms with Crippen LogP contribution in [0.1, 0.15) is 70.6 Å². The van der Waals surface area contributed by atoms with E-state index < -0.39 is 0 Å². The molecule has 0 bridgehead atoms. The lowest BCUT2D eigenvalue weighted by Crippen LogP contribution is -2.35. The number of rotatable bonds is 4. The summed E-state index contributed by atoms with van der Waals surface area (Å²) < 4.78 is 0. The third-order valence-corrected chi connectivity index (χ3v) is 5.81. The van der Waals surface area contributed by atoms with Crippen LogP contribution in [0.2, 0.25) is 0 Å². The van der Waals surface area contributed by atoms with Gasteiger partial charge in [0.1, 0.15) is 11.6 Å². The highest BCUT2D eigenvalue weighted by Gasteiger charge is 2.16. The molecule has 0 aliphatic heterocycles. The van der Waals surface area contributed by atoms with Gasteiger partial charge in [-0.1, -0.05) is 76.0 Å². The number of pyridine rings is 1. The van der Waals surface area contributed by atoms with E-state index >= 15 is 0 Å². The molecule has 0 atom stereocenters. The zero-order valence-electron chi connectivity index (χ0n) is 17.7. The van der Waals surface area contributed by atoms with Crippen LogP contribution in [0, 0.1) is 11.3 Å². The summed E-state index contributed by atoms with van der Waals surface area (Å²) in [5.41, 5.74) is 1.68. The molecule has 1 aromatic heterocycles. The Hall–Kier alpha value is -2.87. The van der Waals surface area contributed by atoms with E-state index in [0.717, 1.165) is 42.3 Å². The molecule has 2 aromatic rings. The highest BCUT2D eigenvalue weighted by Crippen LogP contribution is 2.21. The van der Waals surface area contributed by atoms with Gasteiger partial charge in [-0.25, -0.2) is 0 Å². The third kappa shape index (κ3) is 6.59. The predicted molar refractivity (Wildman–Crippen MR) is 122 cm³/mol. The maximum absolute atomic E-state index is 12.7.